The second-order valence-corrected chi connectivity index (χ2v) is 22.5. The van der Waals surface area contributed by atoms with Crippen LogP contribution in [0.15, 0.2) is 24.3 Å². The highest BCUT2D eigenvalue weighted by Crippen LogP contribution is 2.19. The molecule has 422 valence electrons. The van der Waals surface area contributed by atoms with E-state index in [0.29, 0.717) is 19.3 Å². The number of carbonyl (C=O) groups excluding carboxylic acids is 1. The molecule has 0 fully saturated rings. The molecule has 4 unspecified atom stereocenters. The molecule has 1 amide bonds. The summed E-state index contributed by atoms with van der Waals surface area (Å²) in [6.07, 6.45) is 74.3. The van der Waals surface area contributed by atoms with Crippen LogP contribution in [0.2, 0.25) is 0 Å². The summed E-state index contributed by atoms with van der Waals surface area (Å²) in [5.74, 6) is -0.590. The van der Waals surface area contributed by atoms with Gasteiger partial charge in [0.2, 0.25) is 5.91 Å². The van der Waals surface area contributed by atoms with Crippen molar-refractivity contribution in [3.8, 4) is 0 Å². The van der Waals surface area contributed by atoms with Crippen molar-refractivity contribution >= 4 is 5.91 Å². The third-order valence-electron chi connectivity index (χ3n) is 15.4. The van der Waals surface area contributed by atoms with E-state index in [2.05, 4.69) is 43.5 Å². The van der Waals surface area contributed by atoms with Gasteiger partial charge in [-0.2, -0.15) is 0 Å². The summed E-state index contributed by atoms with van der Waals surface area (Å²) in [5, 5.41) is 44.1. The number of hydrogen-bond acceptors (Lipinski definition) is 5. The molecule has 0 saturated heterocycles. The Labute approximate surface area is 444 Å². The number of aliphatic hydroxyl groups is 4. The van der Waals surface area contributed by atoms with Crippen LogP contribution in [0.5, 0.6) is 0 Å². The van der Waals surface area contributed by atoms with Crippen LogP contribution in [0.3, 0.4) is 0 Å². The molecule has 0 heterocycles. The SMILES string of the molecule is CCCCCCCCCCCCCCCCCCCCCC/C=C/CC/C=C/CCCC(O)C(O)C(CO)NC(=O)C(O)CCCCCCCCCCCCCCCCCCCCCCCCCCCC. The quantitative estimate of drug-likeness (QED) is 0.0308. The molecular weight excluding hydrogens is 875 g/mol. The lowest BCUT2D eigenvalue weighted by Gasteiger charge is -2.27. The van der Waals surface area contributed by atoms with Crippen LogP contribution in [0, 0.1) is 0 Å². The molecule has 71 heavy (non-hydrogen) atoms. The number of nitrogens with one attached hydrogen (secondary N) is 1. The van der Waals surface area contributed by atoms with E-state index in [-0.39, 0.29) is 0 Å². The molecular formula is C65H127NO5. The van der Waals surface area contributed by atoms with Crippen molar-refractivity contribution in [3.05, 3.63) is 24.3 Å². The summed E-state index contributed by atoms with van der Waals surface area (Å²) in [6, 6.07) is -1.01. The second kappa shape index (κ2) is 59.7. The minimum absolute atomic E-state index is 0.365. The van der Waals surface area contributed by atoms with Gasteiger partial charge in [-0.05, 0) is 51.4 Å². The largest absolute Gasteiger partial charge is 0.394 e. The zero-order chi connectivity index (χ0) is 51.6. The van der Waals surface area contributed by atoms with Crippen LogP contribution in [-0.2, 0) is 4.79 Å². The fourth-order valence-corrected chi connectivity index (χ4v) is 10.4. The molecule has 0 aromatic rings. The zero-order valence-electron chi connectivity index (χ0n) is 48.0. The molecule has 0 saturated carbocycles. The number of rotatable bonds is 60. The Bertz CT molecular complexity index is 1080. The van der Waals surface area contributed by atoms with Crippen LogP contribution in [-0.4, -0.2) is 57.3 Å². The van der Waals surface area contributed by atoms with Gasteiger partial charge in [-0.1, -0.05) is 327 Å². The number of carbonyl (C=O) groups is 1. The van der Waals surface area contributed by atoms with Gasteiger partial charge < -0.3 is 25.7 Å². The number of allylic oxidation sites excluding steroid dienone is 4. The van der Waals surface area contributed by atoms with Crippen molar-refractivity contribution in [2.75, 3.05) is 6.61 Å². The lowest BCUT2D eigenvalue weighted by molar-refractivity contribution is -0.132. The number of hydrogen-bond donors (Lipinski definition) is 5. The molecule has 5 N–H and O–H groups in total. The molecule has 0 rings (SSSR count). The van der Waals surface area contributed by atoms with E-state index in [1.807, 2.05) is 0 Å². The average molecular weight is 1000 g/mol. The van der Waals surface area contributed by atoms with E-state index in [9.17, 15) is 25.2 Å². The molecule has 0 bridgehead atoms. The van der Waals surface area contributed by atoms with Crippen LogP contribution in [0.4, 0.5) is 0 Å². The smallest absolute Gasteiger partial charge is 0.249 e. The lowest BCUT2D eigenvalue weighted by atomic mass is 10.00. The molecule has 6 heteroatoms. The van der Waals surface area contributed by atoms with Crippen LogP contribution < -0.4 is 5.32 Å². The Morgan fingerprint density at radius 2 is 0.592 bits per heavy atom. The number of amides is 1. The highest BCUT2D eigenvalue weighted by Gasteiger charge is 2.28. The Kier molecular flexibility index (Phi) is 58.6. The fraction of sp³-hybridized carbons (Fsp3) is 0.923. The summed E-state index contributed by atoms with van der Waals surface area (Å²) in [5.41, 5.74) is 0. The lowest BCUT2D eigenvalue weighted by Crippen LogP contribution is -2.53. The van der Waals surface area contributed by atoms with Crippen molar-refractivity contribution in [1.82, 2.24) is 5.32 Å². The monoisotopic (exact) mass is 1000 g/mol. The van der Waals surface area contributed by atoms with Crippen LogP contribution in [0.1, 0.15) is 354 Å². The third kappa shape index (κ3) is 53.4. The van der Waals surface area contributed by atoms with E-state index < -0.39 is 36.9 Å². The first-order valence-electron chi connectivity index (χ1n) is 32.2. The predicted octanol–water partition coefficient (Wildman–Crippen LogP) is 19.4. The van der Waals surface area contributed by atoms with E-state index >= 15 is 0 Å². The minimum Gasteiger partial charge on any atom is -0.394 e. The Hall–Kier alpha value is -1.21. The van der Waals surface area contributed by atoms with Gasteiger partial charge in [0, 0.05) is 0 Å². The standard InChI is InChI=1S/C65H127NO5/c1-3-5-7-9-11-13-15-17-19-21-23-25-27-29-31-32-33-35-36-38-40-42-44-46-48-50-52-54-56-58-62(68)64(70)61(60-67)66-65(71)63(69)59-57-55-53-51-49-47-45-43-41-39-37-34-30-28-26-24-22-20-18-16-14-12-10-8-6-4-2/h42,44,50,52,61-64,67-70H,3-41,43,45-49,51,53-60H2,1-2H3,(H,66,71)/b44-42+,52-50+. The van der Waals surface area contributed by atoms with Gasteiger partial charge >= 0.3 is 0 Å². The van der Waals surface area contributed by atoms with Crippen LogP contribution in [0.25, 0.3) is 0 Å². The van der Waals surface area contributed by atoms with Gasteiger partial charge in [0.05, 0.1) is 18.8 Å². The van der Waals surface area contributed by atoms with Crippen LogP contribution >= 0.6 is 0 Å². The van der Waals surface area contributed by atoms with Gasteiger partial charge in [0.1, 0.15) is 12.2 Å². The van der Waals surface area contributed by atoms with Crippen molar-refractivity contribution in [3.63, 3.8) is 0 Å². The van der Waals surface area contributed by atoms with Crippen molar-refractivity contribution < 1.29 is 25.2 Å². The first-order chi connectivity index (χ1) is 35.0. The maximum Gasteiger partial charge on any atom is 0.249 e. The summed E-state index contributed by atoms with van der Waals surface area (Å²) < 4.78 is 0. The predicted molar refractivity (Wildman–Crippen MR) is 311 cm³/mol. The number of aliphatic hydroxyl groups excluding tert-OH is 4. The second-order valence-electron chi connectivity index (χ2n) is 22.5. The van der Waals surface area contributed by atoms with Gasteiger partial charge in [0.25, 0.3) is 0 Å². The maximum atomic E-state index is 12.6. The summed E-state index contributed by atoms with van der Waals surface area (Å²) in [6.45, 7) is 4.09. The van der Waals surface area contributed by atoms with Gasteiger partial charge in [0.15, 0.2) is 0 Å². The molecule has 0 aliphatic heterocycles. The van der Waals surface area contributed by atoms with E-state index in [1.165, 1.54) is 283 Å². The first kappa shape index (κ1) is 69.8. The van der Waals surface area contributed by atoms with Crippen molar-refractivity contribution in [2.45, 2.75) is 379 Å². The normalized spacial score (nSPS) is 13.7. The summed E-state index contributed by atoms with van der Waals surface area (Å²) in [7, 11) is 0. The topological polar surface area (TPSA) is 110 Å². The van der Waals surface area contributed by atoms with Crippen molar-refractivity contribution in [2.24, 2.45) is 0 Å². The molecule has 0 radical (unpaired) electrons. The molecule has 0 aromatic heterocycles. The summed E-state index contributed by atoms with van der Waals surface area (Å²) >= 11 is 0. The molecule has 6 nitrogen and oxygen atoms in total. The molecule has 0 aromatic carbocycles. The molecule has 0 aliphatic rings. The average Bonchev–Trinajstić information content (AvgIpc) is 3.38. The Morgan fingerprint density at radius 3 is 0.887 bits per heavy atom. The maximum absolute atomic E-state index is 12.6. The van der Waals surface area contributed by atoms with E-state index in [1.54, 1.807) is 0 Å². The van der Waals surface area contributed by atoms with E-state index in [4.69, 9.17) is 0 Å². The highest BCUT2D eigenvalue weighted by atomic mass is 16.3. The van der Waals surface area contributed by atoms with E-state index in [0.717, 1.165) is 38.5 Å². The van der Waals surface area contributed by atoms with Gasteiger partial charge in [-0.3, -0.25) is 4.79 Å². The Morgan fingerprint density at radius 1 is 0.338 bits per heavy atom. The zero-order valence-corrected chi connectivity index (χ0v) is 48.0. The first-order valence-corrected chi connectivity index (χ1v) is 32.2. The molecule has 0 aliphatic carbocycles. The molecule has 4 atom stereocenters. The minimum atomic E-state index is -1.29. The highest BCUT2D eigenvalue weighted by molar-refractivity contribution is 5.80. The fourth-order valence-electron chi connectivity index (χ4n) is 10.4. The number of unbranched alkanes of at least 4 members (excludes halogenated alkanes) is 47. The summed E-state index contributed by atoms with van der Waals surface area (Å²) in [4.78, 5) is 12.6. The third-order valence-corrected chi connectivity index (χ3v) is 15.4. The van der Waals surface area contributed by atoms with Crippen molar-refractivity contribution in [1.29, 1.82) is 0 Å². The van der Waals surface area contributed by atoms with Gasteiger partial charge in [-0.25, -0.2) is 0 Å². The Balaban J connectivity index is 3.61. The molecule has 0 spiro atoms. The van der Waals surface area contributed by atoms with Gasteiger partial charge in [-0.15, -0.1) is 0 Å².